The molecule has 0 heterocycles. The summed E-state index contributed by atoms with van der Waals surface area (Å²) in [6.45, 7) is 9.68. The summed E-state index contributed by atoms with van der Waals surface area (Å²) in [5, 5.41) is 0.0298. The number of methoxy groups -OCH3 is 1. The zero-order valence-electron chi connectivity index (χ0n) is 19.4. The topological polar surface area (TPSA) is 63.7 Å². The minimum Gasteiger partial charge on any atom is -0.467 e. The maximum Gasteiger partial charge on any atom is 0.328 e. The molecular formula is C24H37NO4S. The van der Waals surface area contributed by atoms with Gasteiger partial charge in [-0.3, -0.25) is 14.5 Å². The van der Waals surface area contributed by atoms with E-state index in [1.807, 2.05) is 32.9 Å². The SMILES string of the molecule is CCCCCCCCC(=O)SCC(=O)N(c1c(C)ccc(C)c1C)C(C)C(=O)OC. The Labute approximate surface area is 185 Å². The van der Waals surface area contributed by atoms with Crippen molar-refractivity contribution in [1.82, 2.24) is 0 Å². The molecule has 0 saturated carbocycles. The van der Waals surface area contributed by atoms with Crippen molar-refractivity contribution in [2.24, 2.45) is 0 Å². The second kappa shape index (κ2) is 13.5. The van der Waals surface area contributed by atoms with E-state index in [2.05, 4.69) is 6.92 Å². The summed E-state index contributed by atoms with van der Waals surface area (Å²) >= 11 is 1.05. The molecular weight excluding hydrogens is 398 g/mol. The van der Waals surface area contributed by atoms with Crippen molar-refractivity contribution < 1.29 is 19.1 Å². The van der Waals surface area contributed by atoms with E-state index in [4.69, 9.17) is 4.74 Å². The van der Waals surface area contributed by atoms with Crippen molar-refractivity contribution in [3.05, 3.63) is 28.8 Å². The van der Waals surface area contributed by atoms with Gasteiger partial charge in [0, 0.05) is 6.42 Å². The molecule has 5 nitrogen and oxygen atoms in total. The number of thioether (sulfide) groups is 1. The normalized spacial score (nSPS) is 11.8. The van der Waals surface area contributed by atoms with E-state index in [1.54, 1.807) is 6.92 Å². The van der Waals surface area contributed by atoms with E-state index in [9.17, 15) is 14.4 Å². The third-order valence-corrected chi connectivity index (χ3v) is 6.35. The number of aryl methyl sites for hydroxylation is 2. The van der Waals surface area contributed by atoms with Gasteiger partial charge in [-0.05, 0) is 50.8 Å². The largest absolute Gasteiger partial charge is 0.467 e. The van der Waals surface area contributed by atoms with Crippen LogP contribution in [0.25, 0.3) is 0 Å². The van der Waals surface area contributed by atoms with Crippen LogP contribution in [-0.2, 0) is 19.1 Å². The Morgan fingerprint density at radius 2 is 1.60 bits per heavy atom. The Morgan fingerprint density at radius 3 is 2.23 bits per heavy atom. The molecule has 1 aromatic carbocycles. The van der Waals surface area contributed by atoms with Gasteiger partial charge in [-0.1, -0.05) is 62.9 Å². The van der Waals surface area contributed by atoms with Crippen molar-refractivity contribution in [2.75, 3.05) is 17.8 Å². The standard InChI is InChI=1S/C24H37NO4S/c1-7-8-9-10-11-12-13-22(27)30-16-21(26)25(20(5)24(28)29-6)23-18(3)15-14-17(2)19(23)4/h14-15,20H,7-13,16H2,1-6H3. The van der Waals surface area contributed by atoms with Gasteiger partial charge in [0.25, 0.3) is 0 Å². The quantitative estimate of drug-likeness (QED) is 0.320. The lowest BCUT2D eigenvalue weighted by atomic mass is 10.0. The average Bonchev–Trinajstić information content (AvgIpc) is 2.73. The number of hydrogen-bond acceptors (Lipinski definition) is 5. The van der Waals surface area contributed by atoms with Crippen LogP contribution in [0.3, 0.4) is 0 Å². The summed E-state index contributed by atoms with van der Waals surface area (Å²) in [5.74, 6) is -0.721. The molecule has 0 radical (unpaired) electrons. The van der Waals surface area contributed by atoms with E-state index in [0.717, 1.165) is 53.4 Å². The zero-order chi connectivity index (χ0) is 22.7. The zero-order valence-corrected chi connectivity index (χ0v) is 20.2. The second-order valence-corrected chi connectivity index (χ2v) is 8.85. The van der Waals surface area contributed by atoms with Gasteiger partial charge in [-0.15, -0.1) is 0 Å². The number of esters is 1. The number of unbranched alkanes of at least 4 members (excludes halogenated alkanes) is 5. The van der Waals surface area contributed by atoms with Crippen molar-refractivity contribution in [2.45, 2.75) is 85.6 Å². The van der Waals surface area contributed by atoms with Crippen LogP contribution in [0.5, 0.6) is 0 Å². The monoisotopic (exact) mass is 435 g/mol. The predicted octanol–water partition coefficient (Wildman–Crippen LogP) is 5.52. The van der Waals surface area contributed by atoms with E-state index < -0.39 is 12.0 Å². The highest BCUT2D eigenvalue weighted by Crippen LogP contribution is 2.30. The van der Waals surface area contributed by atoms with Crippen molar-refractivity contribution >= 4 is 34.4 Å². The average molecular weight is 436 g/mol. The highest BCUT2D eigenvalue weighted by Gasteiger charge is 2.30. The van der Waals surface area contributed by atoms with E-state index in [1.165, 1.54) is 31.3 Å². The molecule has 1 atom stereocenters. The van der Waals surface area contributed by atoms with Crippen molar-refractivity contribution in [1.29, 1.82) is 0 Å². The maximum absolute atomic E-state index is 13.1. The molecule has 0 aliphatic heterocycles. The molecule has 1 unspecified atom stereocenters. The number of amides is 1. The molecule has 30 heavy (non-hydrogen) atoms. The number of benzene rings is 1. The summed E-state index contributed by atoms with van der Waals surface area (Å²) in [5.41, 5.74) is 3.62. The number of hydrogen-bond donors (Lipinski definition) is 0. The first kappa shape index (κ1) is 26.2. The van der Waals surface area contributed by atoms with Crippen molar-refractivity contribution in [3.63, 3.8) is 0 Å². The third kappa shape index (κ3) is 7.78. The van der Waals surface area contributed by atoms with Gasteiger partial charge in [-0.2, -0.15) is 0 Å². The number of carbonyl (C=O) groups excluding carboxylic acids is 3. The molecule has 0 saturated heterocycles. The number of rotatable bonds is 12. The van der Waals surface area contributed by atoms with Crippen LogP contribution in [0.2, 0.25) is 0 Å². The van der Waals surface area contributed by atoms with E-state index in [-0.39, 0.29) is 16.8 Å². The van der Waals surface area contributed by atoms with Gasteiger partial charge in [0.05, 0.1) is 18.6 Å². The molecule has 0 aliphatic rings. The number of anilines is 1. The fraction of sp³-hybridized carbons (Fsp3) is 0.625. The summed E-state index contributed by atoms with van der Waals surface area (Å²) < 4.78 is 4.89. The fourth-order valence-electron chi connectivity index (χ4n) is 3.45. The first-order valence-corrected chi connectivity index (χ1v) is 11.8. The Bertz CT molecular complexity index is 732. The molecule has 1 aromatic rings. The fourth-order valence-corrected chi connectivity index (χ4v) is 4.16. The highest BCUT2D eigenvalue weighted by molar-refractivity contribution is 8.14. The van der Waals surface area contributed by atoms with Crippen LogP contribution in [-0.4, -0.2) is 35.9 Å². The molecule has 0 spiro atoms. The van der Waals surface area contributed by atoms with Crippen LogP contribution < -0.4 is 4.90 Å². The van der Waals surface area contributed by atoms with Crippen LogP contribution in [0.1, 0.15) is 75.5 Å². The van der Waals surface area contributed by atoms with Gasteiger partial charge < -0.3 is 4.74 Å². The highest BCUT2D eigenvalue weighted by atomic mass is 32.2. The molecule has 1 amide bonds. The van der Waals surface area contributed by atoms with Gasteiger partial charge in [0.15, 0.2) is 5.12 Å². The predicted molar refractivity (Wildman–Crippen MR) is 125 cm³/mol. The summed E-state index contributed by atoms with van der Waals surface area (Å²) in [7, 11) is 1.32. The van der Waals surface area contributed by atoms with Gasteiger partial charge in [0.1, 0.15) is 6.04 Å². The van der Waals surface area contributed by atoms with Gasteiger partial charge >= 0.3 is 5.97 Å². The Kier molecular flexibility index (Phi) is 11.8. The minimum atomic E-state index is -0.768. The molecule has 0 aliphatic carbocycles. The van der Waals surface area contributed by atoms with Gasteiger partial charge in [-0.25, -0.2) is 4.79 Å². The Morgan fingerprint density at radius 1 is 1.00 bits per heavy atom. The third-order valence-electron chi connectivity index (χ3n) is 5.43. The molecule has 6 heteroatoms. The van der Waals surface area contributed by atoms with Crippen LogP contribution in [0, 0.1) is 20.8 Å². The number of ether oxygens (including phenoxy) is 1. The van der Waals surface area contributed by atoms with Gasteiger partial charge in [0.2, 0.25) is 5.91 Å². The van der Waals surface area contributed by atoms with Crippen LogP contribution in [0.4, 0.5) is 5.69 Å². The molecule has 0 bridgehead atoms. The smallest absolute Gasteiger partial charge is 0.328 e. The molecule has 0 fully saturated rings. The lowest BCUT2D eigenvalue weighted by Gasteiger charge is -2.31. The second-order valence-electron chi connectivity index (χ2n) is 7.81. The van der Waals surface area contributed by atoms with Crippen LogP contribution >= 0.6 is 11.8 Å². The van der Waals surface area contributed by atoms with E-state index in [0.29, 0.717) is 6.42 Å². The van der Waals surface area contributed by atoms with Crippen molar-refractivity contribution in [3.8, 4) is 0 Å². The van der Waals surface area contributed by atoms with Crippen LogP contribution in [0.15, 0.2) is 12.1 Å². The van der Waals surface area contributed by atoms with E-state index >= 15 is 0 Å². The Balaban J connectivity index is 2.82. The first-order valence-electron chi connectivity index (χ1n) is 10.9. The summed E-state index contributed by atoms with van der Waals surface area (Å²) in [6.07, 6.45) is 7.21. The Hall–Kier alpha value is -1.82. The molecule has 168 valence electrons. The first-order chi connectivity index (χ1) is 14.2. The molecule has 1 rings (SSSR count). The number of nitrogens with zero attached hydrogens (tertiary/aromatic N) is 1. The molecule has 0 aromatic heterocycles. The maximum atomic E-state index is 13.1. The lowest BCUT2D eigenvalue weighted by Crippen LogP contribution is -2.46. The summed E-state index contributed by atoms with van der Waals surface area (Å²) in [4.78, 5) is 39.1. The lowest BCUT2D eigenvalue weighted by molar-refractivity contribution is -0.142. The summed E-state index contributed by atoms with van der Waals surface area (Å²) in [6, 6.07) is 3.17. The minimum absolute atomic E-state index is 0.0167. The number of carbonyl (C=O) groups is 3. The molecule has 0 N–H and O–H groups in total.